The summed E-state index contributed by atoms with van der Waals surface area (Å²) >= 11 is 0. The van der Waals surface area contributed by atoms with Crippen LogP contribution in [0.4, 0.5) is 0 Å². The smallest absolute Gasteiger partial charge is 0.0945 e. The fourth-order valence-electron chi connectivity index (χ4n) is 2.58. The summed E-state index contributed by atoms with van der Waals surface area (Å²) in [5.74, 6) is 0. The molecule has 1 N–H and O–H groups in total. The van der Waals surface area contributed by atoms with Crippen LogP contribution in [0.25, 0.3) is 0 Å². The molecule has 3 heterocycles. The Bertz CT molecular complexity index is 527. The van der Waals surface area contributed by atoms with Gasteiger partial charge in [0.15, 0.2) is 0 Å². The van der Waals surface area contributed by atoms with Gasteiger partial charge in [0, 0.05) is 57.9 Å². The molecule has 0 radical (unpaired) electrons. The molecule has 3 rings (SSSR count). The van der Waals surface area contributed by atoms with Crippen molar-refractivity contribution in [3.8, 4) is 0 Å². The van der Waals surface area contributed by atoms with Gasteiger partial charge in [0.1, 0.15) is 0 Å². The van der Waals surface area contributed by atoms with Gasteiger partial charge in [-0.1, -0.05) is 6.07 Å². The van der Waals surface area contributed by atoms with Crippen LogP contribution in [0.2, 0.25) is 0 Å². The highest BCUT2D eigenvalue weighted by Gasteiger charge is 2.24. The first-order valence-corrected chi connectivity index (χ1v) is 6.64. The van der Waals surface area contributed by atoms with E-state index >= 15 is 0 Å². The molecule has 1 fully saturated rings. The van der Waals surface area contributed by atoms with Gasteiger partial charge < -0.3 is 9.88 Å². The zero-order valence-electron chi connectivity index (χ0n) is 11.6. The number of rotatable bonds is 3. The molecule has 1 atom stereocenters. The first-order chi connectivity index (χ1) is 9.34. The van der Waals surface area contributed by atoms with Crippen LogP contribution >= 0.6 is 12.4 Å². The Morgan fingerprint density at radius 3 is 2.95 bits per heavy atom. The molecule has 0 amide bonds. The van der Waals surface area contributed by atoms with Crippen LogP contribution in [0, 0.1) is 0 Å². The molecule has 1 unspecified atom stereocenters. The lowest BCUT2D eigenvalue weighted by molar-refractivity contribution is 0.150. The number of halogens is 1. The third-order valence-electron chi connectivity index (χ3n) is 3.70. The molecule has 1 aliphatic heterocycles. The van der Waals surface area contributed by atoms with E-state index in [4.69, 9.17) is 0 Å². The fourth-order valence-corrected chi connectivity index (χ4v) is 2.58. The number of aryl methyl sites for hydroxylation is 1. The Kier molecular flexibility index (Phi) is 5.11. The van der Waals surface area contributed by atoms with Crippen molar-refractivity contribution in [3.63, 3.8) is 0 Å². The standard InChI is InChI=1S/C14H19N5.ClH/c1-18-11-17-8-13(18)10-19-6-5-16-9-14(19)12-3-2-4-15-7-12;/h2-4,7-8,11,14,16H,5-6,9-10H2,1H3;1H. The number of hydrogen-bond acceptors (Lipinski definition) is 4. The van der Waals surface area contributed by atoms with Gasteiger partial charge in [0.05, 0.1) is 12.0 Å². The highest BCUT2D eigenvalue weighted by atomic mass is 35.5. The monoisotopic (exact) mass is 293 g/mol. The fraction of sp³-hybridized carbons (Fsp3) is 0.429. The van der Waals surface area contributed by atoms with Crippen molar-refractivity contribution in [1.82, 2.24) is 24.8 Å². The summed E-state index contributed by atoms with van der Waals surface area (Å²) < 4.78 is 2.09. The van der Waals surface area contributed by atoms with E-state index in [1.807, 2.05) is 38.0 Å². The van der Waals surface area contributed by atoms with E-state index in [-0.39, 0.29) is 12.4 Å². The predicted octanol–water partition coefficient (Wildman–Crippen LogP) is 1.38. The largest absolute Gasteiger partial charge is 0.337 e. The maximum absolute atomic E-state index is 4.24. The number of piperazine rings is 1. The maximum atomic E-state index is 4.24. The summed E-state index contributed by atoms with van der Waals surface area (Å²) in [6.07, 6.45) is 7.60. The van der Waals surface area contributed by atoms with Crippen LogP contribution in [0.3, 0.4) is 0 Å². The second-order valence-electron chi connectivity index (χ2n) is 4.97. The third-order valence-corrected chi connectivity index (χ3v) is 3.70. The molecular weight excluding hydrogens is 274 g/mol. The molecule has 0 aromatic carbocycles. The minimum absolute atomic E-state index is 0. The number of nitrogens with zero attached hydrogens (tertiary/aromatic N) is 4. The van der Waals surface area contributed by atoms with Crippen LogP contribution < -0.4 is 5.32 Å². The number of hydrogen-bond donors (Lipinski definition) is 1. The molecule has 1 aliphatic rings. The summed E-state index contributed by atoms with van der Waals surface area (Å²) in [5, 5.41) is 3.47. The van der Waals surface area contributed by atoms with E-state index < -0.39 is 0 Å². The van der Waals surface area contributed by atoms with Crippen molar-refractivity contribution >= 4 is 12.4 Å². The van der Waals surface area contributed by atoms with Crippen molar-refractivity contribution in [2.24, 2.45) is 7.05 Å². The van der Waals surface area contributed by atoms with Gasteiger partial charge in [-0.2, -0.15) is 0 Å². The summed E-state index contributed by atoms with van der Waals surface area (Å²) in [5.41, 5.74) is 2.52. The normalized spacial score (nSPS) is 19.6. The van der Waals surface area contributed by atoms with Gasteiger partial charge >= 0.3 is 0 Å². The SMILES string of the molecule is Cl.Cn1cncc1CN1CCNCC1c1cccnc1. The van der Waals surface area contributed by atoms with Crippen LogP contribution in [-0.4, -0.2) is 39.1 Å². The number of pyridine rings is 1. The van der Waals surface area contributed by atoms with E-state index in [1.54, 1.807) is 0 Å². The molecule has 2 aromatic rings. The molecule has 2 aromatic heterocycles. The minimum atomic E-state index is 0. The molecule has 5 nitrogen and oxygen atoms in total. The van der Waals surface area contributed by atoms with Crippen molar-refractivity contribution in [3.05, 3.63) is 48.3 Å². The highest BCUT2D eigenvalue weighted by molar-refractivity contribution is 5.85. The van der Waals surface area contributed by atoms with Crippen molar-refractivity contribution < 1.29 is 0 Å². The average molecular weight is 294 g/mol. The molecule has 0 aliphatic carbocycles. The highest BCUT2D eigenvalue weighted by Crippen LogP contribution is 2.23. The van der Waals surface area contributed by atoms with Crippen LogP contribution in [0.15, 0.2) is 37.1 Å². The number of nitrogens with one attached hydrogen (secondary N) is 1. The van der Waals surface area contributed by atoms with Crippen molar-refractivity contribution in [2.75, 3.05) is 19.6 Å². The van der Waals surface area contributed by atoms with E-state index in [0.29, 0.717) is 6.04 Å². The van der Waals surface area contributed by atoms with E-state index in [9.17, 15) is 0 Å². The molecular formula is C14H20ClN5. The summed E-state index contributed by atoms with van der Waals surface area (Å²) in [6.45, 7) is 3.99. The Hall–Kier alpha value is -1.43. The summed E-state index contributed by atoms with van der Waals surface area (Å²) in [6, 6.07) is 4.55. The van der Waals surface area contributed by atoms with Gasteiger partial charge in [-0.25, -0.2) is 4.98 Å². The third kappa shape index (κ3) is 3.17. The average Bonchev–Trinajstić information content (AvgIpc) is 2.86. The predicted molar refractivity (Wildman–Crippen MR) is 80.7 cm³/mol. The van der Waals surface area contributed by atoms with Crippen molar-refractivity contribution in [1.29, 1.82) is 0 Å². The first kappa shape index (κ1) is 15.0. The Labute approximate surface area is 125 Å². The van der Waals surface area contributed by atoms with Crippen LogP contribution in [0.5, 0.6) is 0 Å². The zero-order valence-corrected chi connectivity index (χ0v) is 12.4. The maximum Gasteiger partial charge on any atom is 0.0945 e. The summed E-state index contributed by atoms with van der Waals surface area (Å²) in [7, 11) is 2.05. The Morgan fingerprint density at radius 2 is 2.25 bits per heavy atom. The molecule has 6 heteroatoms. The quantitative estimate of drug-likeness (QED) is 0.929. The second kappa shape index (κ2) is 6.83. The van der Waals surface area contributed by atoms with Crippen molar-refractivity contribution in [2.45, 2.75) is 12.6 Å². The molecule has 108 valence electrons. The molecule has 20 heavy (non-hydrogen) atoms. The lowest BCUT2D eigenvalue weighted by Gasteiger charge is -2.36. The van der Waals surface area contributed by atoms with Gasteiger partial charge in [-0.3, -0.25) is 9.88 Å². The van der Waals surface area contributed by atoms with Crippen LogP contribution in [-0.2, 0) is 13.6 Å². The number of imidazole rings is 1. The van der Waals surface area contributed by atoms with E-state index in [2.05, 4.69) is 30.8 Å². The number of aromatic nitrogens is 3. The Balaban J connectivity index is 0.00000147. The lowest BCUT2D eigenvalue weighted by Crippen LogP contribution is -2.45. The second-order valence-corrected chi connectivity index (χ2v) is 4.97. The molecule has 0 bridgehead atoms. The van der Waals surface area contributed by atoms with Gasteiger partial charge in [0.2, 0.25) is 0 Å². The minimum Gasteiger partial charge on any atom is -0.337 e. The molecule has 0 spiro atoms. The first-order valence-electron chi connectivity index (χ1n) is 6.64. The lowest BCUT2D eigenvalue weighted by atomic mass is 10.1. The van der Waals surface area contributed by atoms with Gasteiger partial charge in [0.25, 0.3) is 0 Å². The van der Waals surface area contributed by atoms with Gasteiger partial charge in [-0.05, 0) is 11.6 Å². The van der Waals surface area contributed by atoms with Gasteiger partial charge in [-0.15, -0.1) is 12.4 Å². The summed E-state index contributed by atoms with van der Waals surface area (Å²) in [4.78, 5) is 10.9. The Morgan fingerprint density at radius 1 is 1.35 bits per heavy atom. The van der Waals surface area contributed by atoms with E-state index in [1.165, 1.54) is 11.3 Å². The van der Waals surface area contributed by atoms with Crippen LogP contribution in [0.1, 0.15) is 17.3 Å². The van der Waals surface area contributed by atoms with E-state index in [0.717, 1.165) is 26.2 Å². The molecule has 1 saturated heterocycles. The zero-order chi connectivity index (χ0) is 13.1. The topological polar surface area (TPSA) is 46.0 Å². The molecule has 0 saturated carbocycles.